The van der Waals surface area contributed by atoms with Gasteiger partial charge in [-0.25, -0.2) is 4.79 Å². The van der Waals surface area contributed by atoms with Gasteiger partial charge >= 0.3 is 6.03 Å². The first-order valence-corrected chi connectivity index (χ1v) is 9.93. The van der Waals surface area contributed by atoms with E-state index in [-0.39, 0.29) is 6.03 Å². The molecule has 0 bridgehead atoms. The van der Waals surface area contributed by atoms with E-state index in [0.29, 0.717) is 24.6 Å². The number of amides is 2. The van der Waals surface area contributed by atoms with Gasteiger partial charge in [0.05, 0.1) is 13.2 Å². The molecule has 2 N–H and O–H groups in total. The number of benzene rings is 1. The highest BCUT2D eigenvalue weighted by molar-refractivity contribution is 7.84. The lowest BCUT2D eigenvalue weighted by atomic mass is 10.2. The first kappa shape index (κ1) is 18.9. The molecular formula is C17H27N3O3S. The third-order valence-electron chi connectivity index (χ3n) is 3.83. The summed E-state index contributed by atoms with van der Waals surface area (Å²) < 4.78 is 17.3. The predicted octanol–water partition coefficient (Wildman–Crippen LogP) is 0.957. The molecule has 24 heavy (non-hydrogen) atoms. The van der Waals surface area contributed by atoms with Gasteiger partial charge in [0.2, 0.25) is 0 Å². The number of hydrogen-bond acceptors (Lipinski definition) is 4. The van der Waals surface area contributed by atoms with Gasteiger partial charge in [-0.15, -0.1) is 0 Å². The van der Waals surface area contributed by atoms with Crippen molar-refractivity contribution in [1.82, 2.24) is 15.5 Å². The van der Waals surface area contributed by atoms with Crippen LogP contribution in [0.4, 0.5) is 4.79 Å². The standard InChI is InChI=1S/C17H27N3O3S/c21-17(18-7-4-9-20-10-12-23-13-11-20)19-8-14-24(22)15-16-5-2-1-3-6-16/h1-3,5-6H,4,7-15H2,(H2,18,19,21). The van der Waals surface area contributed by atoms with Gasteiger partial charge in [0.25, 0.3) is 0 Å². The summed E-state index contributed by atoms with van der Waals surface area (Å²) in [6.45, 7) is 5.59. The monoisotopic (exact) mass is 353 g/mol. The minimum absolute atomic E-state index is 0.186. The molecule has 134 valence electrons. The van der Waals surface area contributed by atoms with E-state index >= 15 is 0 Å². The van der Waals surface area contributed by atoms with Crippen LogP contribution in [0.2, 0.25) is 0 Å². The second kappa shape index (κ2) is 11.2. The summed E-state index contributed by atoms with van der Waals surface area (Å²) in [6.07, 6.45) is 0.924. The molecule has 0 saturated carbocycles. The first-order chi connectivity index (χ1) is 11.7. The number of carbonyl (C=O) groups is 1. The van der Waals surface area contributed by atoms with E-state index in [0.717, 1.165) is 44.8 Å². The fourth-order valence-electron chi connectivity index (χ4n) is 2.50. The van der Waals surface area contributed by atoms with Crippen LogP contribution < -0.4 is 10.6 Å². The molecule has 1 aromatic carbocycles. The van der Waals surface area contributed by atoms with Crippen LogP contribution in [0.1, 0.15) is 12.0 Å². The van der Waals surface area contributed by atoms with Crippen LogP contribution in [0.5, 0.6) is 0 Å². The summed E-state index contributed by atoms with van der Waals surface area (Å²) in [5.74, 6) is 1.000. The van der Waals surface area contributed by atoms with E-state index in [1.165, 1.54) is 0 Å². The number of nitrogens with zero attached hydrogens (tertiary/aromatic N) is 1. The third-order valence-corrected chi connectivity index (χ3v) is 5.14. The van der Waals surface area contributed by atoms with Crippen molar-refractivity contribution in [2.75, 3.05) is 51.7 Å². The van der Waals surface area contributed by atoms with Crippen LogP contribution in [-0.4, -0.2) is 66.8 Å². The number of hydrogen-bond donors (Lipinski definition) is 2. The molecule has 2 rings (SSSR count). The lowest BCUT2D eigenvalue weighted by Crippen LogP contribution is -2.40. The average molecular weight is 353 g/mol. The molecule has 7 heteroatoms. The van der Waals surface area contributed by atoms with E-state index in [2.05, 4.69) is 15.5 Å². The lowest BCUT2D eigenvalue weighted by Gasteiger charge is -2.26. The number of urea groups is 1. The van der Waals surface area contributed by atoms with E-state index in [1.54, 1.807) is 0 Å². The molecule has 1 saturated heterocycles. The molecule has 1 heterocycles. The van der Waals surface area contributed by atoms with Crippen molar-refractivity contribution in [1.29, 1.82) is 0 Å². The maximum absolute atomic E-state index is 12.0. The van der Waals surface area contributed by atoms with Crippen molar-refractivity contribution in [2.45, 2.75) is 12.2 Å². The molecule has 1 aromatic rings. The van der Waals surface area contributed by atoms with Crippen LogP contribution in [0.15, 0.2) is 30.3 Å². The molecular weight excluding hydrogens is 326 g/mol. The maximum atomic E-state index is 12.0. The Morgan fingerprint density at radius 3 is 2.58 bits per heavy atom. The van der Waals surface area contributed by atoms with Crippen LogP contribution in [0.3, 0.4) is 0 Å². The predicted molar refractivity (Wildman–Crippen MR) is 96.4 cm³/mol. The fraction of sp³-hybridized carbons (Fsp3) is 0.588. The largest absolute Gasteiger partial charge is 0.379 e. The van der Waals surface area contributed by atoms with Crippen LogP contribution >= 0.6 is 0 Å². The van der Waals surface area contributed by atoms with E-state index in [4.69, 9.17) is 4.74 Å². The van der Waals surface area contributed by atoms with Crippen molar-refractivity contribution in [3.63, 3.8) is 0 Å². The quantitative estimate of drug-likeness (QED) is 0.649. The average Bonchev–Trinajstić information content (AvgIpc) is 2.60. The van der Waals surface area contributed by atoms with Crippen molar-refractivity contribution in [3.8, 4) is 0 Å². The Kier molecular flexibility index (Phi) is 8.80. The molecule has 1 aliphatic heterocycles. The van der Waals surface area contributed by atoms with Gasteiger partial charge in [-0.2, -0.15) is 0 Å². The summed E-state index contributed by atoms with van der Waals surface area (Å²) in [4.78, 5) is 14.0. The zero-order chi connectivity index (χ0) is 17.0. The lowest BCUT2D eigenvalue weighted by molar-refractivity contribution is 0.0375. The number of carbonyl (C=O) groups excluding carboxylic acids is 1. The fourth-order valence-corrected chi connectivity index (χ4v) is 3.54. The number of nitrogens with one attached hydrogen (secondary N) is 2. The van der Waals surface area contributed by atoms with Gasteiger partial charge in [-0.1, -0.05) is 30.3 Å². The summed E-state index contributed by atoms with van der Waals surface area (Å²) in [6, 6.07) is 9.56. The Morgan fingerprint density at radius 1 is 1.12 bits per heavy atom. The maximum Gasteiger partial charge on any atom is 0.314 e. The molecule has 0 spiro atoms. The molecule has 1 aliphatic rings. The van der Waals surface area contributed by atoms with Crippen molar-refractivity contribution in [2.24, 2.45) is 0 Å². The van der Waals surface area contributed by atoms with E-state index < -0.39 is 10.8 Å². The summed E-state index contributed by atoms with van der Waals surface area (Å²) >= 11 is 0. The minimum Gasteiger partial charge on any atom is -0.379 e. The van der Waals surface area contributed by atoms with Gasteiger partial charge < -0.3 is 15.4 Å². The highest BCUT2D eigenvalue weighted by Crippen LogP contribution is 2.02. The molecule has 1 atom stereocenters. The van der Waals surface area contributed by atoms with Gasteiger partial charge in [-0.3, -0.25) is 9.11 Å². The highest BCUT2D eigenvalue weighted by Gasteiger charge is 2.09. The Hall–Kier alpha value is -1.44. The third kappa shape index (κ3) is 7.90. The Morgan fingerprint density at radius 2 is 1.83 bits per heavy atom. The summed E-state index contributed by atoms with van der Waals surface area (Å²) in [5.41, 5.74) is 1.06. The van der Waals surface area contributed by atoms with E-state index in [1.807, 2.05) is 30.3 Å². The topological polar surface area (TPSA) is 70.7 Å². The summed E-state index contributed by atoms with van der Waals surface area (Å²) in [7, 11) is -0.959. The second-order valence-electron chi connectivity index (χ2n) is 5.76. The molecule has 0 radical (unpaired) electrons. The van der Waals surface area contributed by atoms with E-state index in [9.17, 15) is 9.00 Å². The molecule has 1 unspecified atom stereocenters. The number of rotatable bonds is 9. The minimum atomic E-state index is -0.959. The summed E-state index contributed by atoms with van der Waals surface area (Å²) in [5, 5.41) is 5.60. The Labute approximate surface area is 146 Å². The van der Waals surface area contributed by atoms with Gasteiger partial charge in [0, 0.05) is 48.5 Å². The second-order valence-corrected chi connectivity index (χ2v) is 7.34. The highest BCUT2D eigenvalue weighted by atomic mass is 32.2. The van der Waals surface area contributed by atoms with Crippen molar-refractivity contribution >= 4 is 16.8 Å². The van der Waals surface area contributed by atoms with Crippen LogP contribution in [0.25, 0.3) is 0 Å². The Balaban J connectivity index is 1.48. The SMILES string of the molecule is O=C(NCCCN1CCOCC1)NCCS(=O)Cc1ccccc1. The molecule has 6 nitrogen and oxygen atoms in total. The molecule has 0 aromatic heterocycles. The molecule has 0 aliphatic carbocycles. The number of ether oxygens (including phenoxy) is 1. The zero-order valence-corrected chi connectivity index (χ0v) is 14.9. The van der Waals surface area contributed by atoms with Crippen molar-refractivity contribution in [3.05, 3.63) is 35.9 Å². The normalized spacial score (nSPS) is 16.5. The molecule has 2 amide bonds. The molecule has 1 fully saturated rings. The van der Waals surface area contributed by atoms with Gasteiger partial charge in [0.1, 0.15) is 0 Å². The number of morpholine rings is 1. The Bertz CT molecular complexity index is 507. The van der Waals surface area contributed by atoms with Crippen molar-refractivity contribution < 1.29 is 13.7 Å². The first-order valence-electron chi connectivity index (χ1n) is 8.45. The van der Waals surface area contributed by atoms with Crippen LogP contribution in [0, 0.1) is 0 Å². The van der Waals surface area contributed by atoms with Gasteiger partial charge in [0.15, 0.2) is 0 Å². The smallest absolute Gasteiger partial charge is 0.314 e. The van der Waals surface area contributed by atoms with Crippen LogP contribution in [-0.2, 0) is 21.3 Å². The zero-order valence-electron chi connectivity index (χ0n) is 14.0. The van der Waals surface area contributed by atoms with Gasteiger partial charge in [-0.05, 0) is 18.5 Å².